The Morgan fingerprint density at radius 2 is 1.00 bits per heavy atom. The van der Waals surface area contributed by atoms with Gasteiger partial charge < -0.3 is 0 Å². The molecule has 44 heavy (non-hydrogen) atoms. The number of sulfonamides is 2. The van der Waals surface area contributed by atoms with E-state index in [4.69, 9.17) is 0 Å². The van der Waals surface area contributed by atoms with E-state index in [1.165, 1.54) is 0 Å². The Hall–Kier alpha value is -4.22. The number of fused-ring (bicyclic) bond motifs is 3. The summed E-state index contributed by atoms with van der Waals surface area (Å²) in [7, 11) is -8.66. The van der Waals surface area contributed by atoms with Crippen LogP contribution in [0.15, 0.2) is 39.6 Å². The van der Waals surface area contributed by atoms with Gasteiger partial charge in [0.05, 0.1) is 30.8 Å². The number of nitriles is 2. The van der Waals surface area contributed by atoms with Crippen molar-refractivity contribution in [2.45, 2.75) is 63.2 Å². The van der Waals surface area contributed by atoms with Gasteiger partial charge in [0.15, 0.2) is 0 Å². The number of hydrogen-bond donors (Lipinski definition) is 0. The highest BCUT2D eigenvalue weighted by atomic mass is 32.2. The van der Waals surface area contributed by atoms with Crippen molar-refractivity contribution in [2.24, 2.45) is 0 Å². The van der Waals surface area contributed by atoms with Crippen molar-refractivity contribution < 1.29 is 26.7 Å². The third-order valence-electron chi connectivity index (χ3n) is 7.01. The van der Waals surface area contributed by atoms with Crippen LogP contribution < -0.4 is 0 Å². The summed E-state index contributed by atoms with van der Waals surface area (Å²) in [6.45, 7) is 7.52. The average Bonchev–Trinajstić information content (AvgIpc) is 3.30. The second-order valence-corrected chi connectivity index (χ2v) is 13.9. The molecular weight excluding hydrogens is 612 g/mol. The lowest BCUT2D eigenvalue weighted by Crippen LogP contribution is -2.32. The summed E-state index contributed by atoms with van der Waals surface area (Å²) in [6.07, 6.45) is 1.80. The first kappa shape index (κ1) is 34.3. The minimum atomic E-state index is -4.33. The second-order valence-electron chi connectivity index (χ2n) is 10.0. The summed E-state index contributed by atoms with van der Waals surface area (Å²) in [5.74, 6) is 0. The minimum absolute atomic E-state index is 0.115. The summed E-state index contributed by atoms with van der Waals surface area (Å²) in [4.78, 5) is 22.0. The van der Waals surface area contributed by atoms with Crippen LogP contribution in [0.25, 0.3) is 16.7 Å². The van der Waals surface area contributed by atoms with Crippen LogP contribution >= 0.6 is 0 Å². The first-order valence-electron chi connectivity index (χ1n) is 14.0. The van der Waals surface area contributed by atoms with Gasteiger partial charge in [-0.2, -0.15) is 19.1 Å². The van der Waals surface area contributed by atoms with Crippen LogP contribution in [0, 0.1) is 42.9 Å². The zero-order chi connectivity index (χ0) is 33.0. The number of hydrogen-bond acceptors (Lipinski definition) is 10. The van der Waals surface area contributed by atoms with Crippen LogP contribution in [0.3, 0.4) is 0 Å². The molecule has 2 aromatic rings. The van der Waals surface area contributed by atoms with Crippen LogP contribution in [0.1, 0.15) is 64.5 Å². The number of rotatable bonds is 14. The topological polar surface area (TPSA) is 209 Å². The predicted octanol–water partition coefficient (Wildman–Crippen LogP) is 4.95. The van der Waals surface area contributed by atoms with Gasteiger partial charge in [0.2, 0.25) is 20.0 Å². The molecule has 14 nitrogen and oxygen atoms in total. The largest absolute Gasteiger partial charge is 0.279 e. The van der Waals surface area contributed by atoms with Gasteiger partial charge in [-0.15, -0.1) is 0 Å². The van der Waals surface area contributed by atoms with E-state index in [9.17, 15) is 47.6 Å². The standard InChI is InChI=1S/C28H32N6O8S2/c1-5-9-31(10-6-2)43(39,40)20-13-22-26(19(17-29)18-30)23-14-21(44(41,42)32(11-7-3)12-8-4)16-25(34(37)38)28(23)27(22)24(15-20)33(35)36/h13-16H,5-12H2,1-4H3. The lowest BCUT2D eigenvalue weighted by Gasteiger charge is -2.21. The predicted molar refractivity (Wildman–Crippen MR) is 161 cm³/mol. The molecule has 0 saturated carbocycles. The molecule has 0 saturated heterocycles. The lowest BCUT2D eigenvalue weighted by molar-refractivity contribution is -0.386. The molecule has 0 bridgehead atoms. The third kappa shape index (κ3) is 6.07. The van der Waals surface area contributed by atoms with Crippen LogP contribution in [0.2, 0.25) is 0 Å². The Labute approximate surface area is 256 Å². The van der Waals surface area contributed by atoms with Gasteiger partial charge in [0, 0.05) is 55.0 Å². The molecule has 3 rings (SSSR count). The smallest absolute Gasteiger partial charge is 0.258 e. The third-order valence-corrected chi connectivity index (χ3v) is 10.8. The Bertz CT molecular complexity index is 1700. The molecule has 1 aliphatic carbocycles. The second kappa shape index (κ2) is 13.6. The quantitative estimate of drug-likeness (QED) is 0.131. The number of nitro benzene ring substituents is 2. The summed E-state index contributed by atoms with van der Waals surface area (Å²) < 4.78 is 57.1. The Morgan fingerprint density at radius 1 is 0.682 bits per heavy atom. The van der Waals surface area contributed by atoms with E-state index < -0.39 is 56.6 Å². The molecule has 0 atom stereocenters. The molecule has 0 heterocycles. The Morgan fingerprint density at radius 3 is 1.25 bits per heavy atom. The maximum absolute atomic E-state index is 13.7. The molecule has 0 amide bonds. The average molecular weight is 645 g/mol. The molecular formula is C28H32N6O8S2. The lowest BCUT2D eigenvalue weighted by atomic mass is 9.99. The Kier molecular flexibility index (Phi) is 10.6. The molecule has 16 heteroatoms. The van der Waals surface area contributed by atoms with E-state index in [1.807, 2.05) is 0 Å². The van der Waals surface area contributed by atoms with Crippen molar-refractivity contribution in [1.29, 1.82) is 10.5 Å². The van der Waals surface area contributed by atoms with Gasteiger partial charge >= 0.3 is 0 Å². The highest BCUT2D eigenvalue weighted by Gasteiger charge is 2.42. The normalized spacial score (nSPS) is 12.5. The van der Waals surface area contributed by atoms with E-state index in [-0.39, 0.29) is 54.0 Å². The zero-order valence-corrected chi connectivity index (χ0v) is 26.4. The van der Waals surface area contributed by atoms with E-state index in [0.29, 0.717) is 25.7 Å². The van der Waals surface area contributed by atoms with Gasteiger partial charge in [-0.05, 0) is 37.8 Å². The van der Waals surface area contributed by atoms with Crippen molar-refractivity contribution in [2.75, 3.05) is 26.2 Å². The number of allylic oxidation sites excluding steroid dienone is 1. The SMILES string of the molecule is CCCN(CCC)S(=O)(=O)c1cc2c(c([N+](=O)[O-])c1)-c1c(cc(S(=O)(=O)N(CCC)CCC)cc1[N+](=O)[O-])C2=C(C#N)C#N. The molecule has 0 radical (unpaired) electrons. The maximum atomic E-state index is 13.7. The highest BCUT2D eigenvalue weighted by Crippen LogP contribution is 2.54. The van der Waals surface area contributed by atoms with E-state index in [1.54, 1.807) is 39.8 Å². The molecule has 234 valence electrons. The molecule has 0 fully saturated rings. The molecule has 0 N–H and O–H groups in total. The fourth-order valence-corrected chi connectivity index (χ4v) is 8.60. The summed E-state index contributed by atoms with van der Waals surface area (Å²) in [5.41, 5.74) is -3.87. The summed E-state index contributed by atoms with van der Waals surface area (Å²) >= 11 is 0. The van der Waals surface area contributed by atoms with Crippen LogP contribution in [-0.2, 0) is 20.0 Å². The van der Waals surface area contributed by atoms with Crippen LogP contribution in [0.4, 0.5) is 11.4 Å². The van der Waals surface area contributed by atoms with Crippen molar-refractivity contribution in [3.05, 3.63) is 61.2 Å². The molecule has 2 aromatic carbocycles. The van der Waals surface area contributed by atoms with Crippen molar-refractivity contribution in [1.82, 2.24) is 8.61 Å². The first-order chi connectivity index (χ1) is 20.8. The van der Waals surface area contributed by atoms with E-state index in [2.05, 4.69) is 0 Å². The summed E-state index contributed by atoms with van der Waals surface area (Å²) in [5, 5.41) is 44.5. The zero-order valence-electron chi connectivity index (χ0n) is 24.7. The van der Waals surface area contributed by atoms with Crippen molar-refractivity contribution in [3.8, 4) is 23.3 Å². The highest BCUT2D eigenvalue weighted by molar-refractivity contribution is 7.89. The monoisotopic (exact) mass is 644 g/mol. The van der Waals surface area contributed by atoms with E-state index in [0.717, 1.165) is 32.9 Å². The minimum Gasteiger partial charge on any atom is -0.258 e. The molecule has 1 aliphatic rings. The fraction of sp³-hybridized carbons (Fsp3) is 0.429. The Balaban J connectivity index is 2.56. The molecule has 0 aromatic heterocycles. The fourth-order valence-electron chi connectivity index (χ4n) is 5.26. The molecule has 0 aliphatic heterocycles. The van der Waals surface area contributed by atoms with Gasteiger partial charge in [-0.25, -0.2) is 16.8 Å². The summed E-state index contributed by atoms with van der Waals surface area (Å²) in [6, 6.07) is 7.06. The van der Waals surface area contributed by atoms with Gasteiger partial charge in [-0.3, -0.25) is 20.2 Å². The molecule has 0 unspecified atom stereocenters. The van der Waals surface area contributed by atoms with Crippen LogP contribution in [-0.4, -0.2) is 61.5 Å². The van der Waals surface area contributed by atoms with Gasteiger partial charge in [0.1, 0.15) is 17.7 Å². The number of nitro groups is 2. The first-order valence-corrected chi connectivity index (χ1v) is 16.8. The van der Waals surface area contributed by atoms with Crippen molar-refractivity contribution >= 4 is 37.0 Å². The van der Waals surface area contributed by atoms with Crippen molar-refractivity contribution in [3.63, 3.8) is 0 Å². The molecule has 0 spiro atoms. The number of benzene rings is 2. The maximum Gasteiger partial charge on any atom is 0.279 e. The number of nitrogens with zero attached hydrogens (tertiary/aromatic N) is 6. The van der Waals surface area contributed by atoms with Gasteiger partial charge in [-0.1, -0.05) is 27.7 Å². The van der Waals surface area contributed by atoms with E-state index >= 15 is 0 Å². The van der Waals surface area contributed by atoms with Crippen LogP contribution in [0.5, 0.6) is 0 Å². The van der Waals surface area contributed by atoms with Gasteiger partial charge in [0.25, 0.3) is 11.4 Å².